The highest BCUT2D eigenvalue weighted by Gasteiger charge is 2.09. The summed E-state index contributed by atoms with van der Waals surface area (Å²) in [7, 11) is 3.16. The molecule has 0 aliphatic carbocycles. The summed E-state index contributed by atoms with van der Waals surface area (Å²) in [5, 5.41) is 4.12. The van der Waals surface area contributed by atoms with E-state index in [1.807, 2.05) is 0 Å². The molecule has 2 rings (SSSR count). The molecular weight excluding hydrogens is 282 g/mol. The predicted octanol–water partition coefficient (Wildman–Crippen LogP) is 2.25. The number of methoxy groups -OCH3 is 2. The minimum atomic E-state index is -0.302. The fraction of sp³-hybridized carbons (Fsp3) is 0.188. The highest BCUT2D eigenvalue weighted by Crippen LogP contribution is 2.24. The molecule has 0 fully saturated rings. The van der Waals surface area contributed by atoms with Crippen LogP contribution in [0, 0.1) is 0 Å². The lowest BCUT2D eigenvalue weighted by atomic mass is 10.1. The number of amides is 1. The molecule has 0 unspecified atom stereocenters. The van der Waals surface area contributed by atoms with Crippen LogP contribution in [-0.4, -0.2) is 30.8 Å². The molecule has 6 nitrogen and oxygen atoms in total. The van der Waals surface area contributed by atoms with E-state index >= 15 is 0 Å². The van der Waals surface area contributed by atoms with Crippen molar-refractivity contribution in [3.63, 3.8) is 0 Å². The first kappa shape index (κ1) is 15.5. The van der Waals surface area contributed by atoms with Crippen molar-refractivity contribution in [3.8, 4) is 11.5 Å². The van der Waals surface area contributed by atoms with Gasteiger partial charge in [-0.15, -0.1) is 0 Å². The van der Waals surface area contributed by atoms with E-state index in [1.54, 1.807) is 63.9 Å². The van der Waals surface area contributed by atoms with Gasteiger partial charge in [0.05, 0.1) is 19.9 Å². The molecule has 0 radical (unpaired) electrons. The van der Waals surface area contributed by atoms with E-state index in [0.717, 1.165) is 5.56 Å². The van der Waals surface area contributed by atoms with E-state index < -0.39 is 0 Å². The Hall–Kier alpha value is -2.89. The molecule has 2 aromatic rings. The zero-order valence-electron chi connectivity index (χ0n) is 12.7. The van der Waals surface area contributed by atoms with Gasteiger partial charge in [-0.2, -0.15) is 5.10 Å². The summed E-state index contributed by atoms with van der Waals surface area (Å²) in [5.74, 6) is 1.04. The minimum absolute atomic E-state index is 0.302. The van der Waals surface area contributed by atoms with Crippen LogP contribution in [0.2, 0.25) is 0 Å². The number of hydrogen-bond donors (Lipinski definition) is 1. The molecule has 22 heavy (non-hydrogen) atoms. The number of carbonyl (C=O) groups excluding carboxylic acids is 1. The lowest BCUT2D eigenvalue weighted by Gasteiger charge is -2.10. The van der Waals surface area contributed by atoms with Crippen LogP contribution in [0.25, 0.3) is 0 Å². The number of nitrogens with one attached hydrogen (secondary N) is 1. The highest BCUT2D eigenvalue weighted by atomic mass is 16.5. The second-order valence-electron chi connectivity index (χ2n) is 4.44. The van der Waals surface area contributed by atoms with Crippen molar-refractivity contribution in [2.45, 2.75) is 6.92 Å². The van der Waals surface area contributed by atoms with E-state index in [9.17, 15) is 4.79 Å². The lowest BCUT2D eigenvalue weighted by molar-refractivity contribution is 0.0954. The summed E-state index contributed by atoms with van der Waals surface area (Å²) in [6.07, 6.45) is 3.10. The maximum Gasteiger partial charge on any atom is 0.271 e. The molecule has 0 aliphatic rings. The van der Waals surface area contributed by atoms with Gasteiger partial charge in [-0.1, -0.05) is 0 Å². The fourth-order valence-electron chi connectivity index (χ4n) is 1.86. The maximum atomic E-state index is 12.0. The summed E-state index contributed by atoms with van der Waals surface area (Å²) < 4.78 is 10.5. The number of pyridine rings is 1. The molecule has 1 heterocycles. The SMILES string of the molecule is COc1ccc(OC)c(/C(C)=N/NC(=O)c2ccncc2)c1. The molecule has 0 saturated heterocycles. The average Bonchev–Trinajstić information content (AvgIpc) is 2.59. The number of benzene rings is 1. The van der Waals surface area contributed by atoms with Crippen molar-refractivity contribution >= 4 is 11.6 Å². The van der Waals surface area contributed by atoms with Crippen molar-refractivity contribution in [2.24, 2.45) is 5.10 Å². The van der Waals surface area contributed by atoms with Crippen LogP contribution in [0.4, 0.5) is 0 Å². The molecule has 0 atom stereocenters. The molecule has 0 aliphatic heterocycles. The fourth-order valence-corrected chi connectivity index (χ4v) is 1.86. The normalized spacial score (nSPS) is 11.0. The van der Waals surface area contributed by atoms with Gasteiger partial charge in [-0.25, -0.2) is 5.43 Å². The zero-order chi connectivity index (χ0) is 15.9. The van der Waals surface area contributed by atoms with Gasteiger partial charge < -0.3 is 9.47 Å². The van der Waals surface area contributed by atoms with E-state index in [1.165, 1.54) is 0 Å². The Bertz CT molecular complexity index is 684. The van der Waals surface area contributed by atoms with Gasteiger partial charge in [0.1, 0.15) is 11.5 Å². The van der Waals surface area contributed by atoms with Crippen LogP contribution in [0.3, 0.4) is 0 Å². The largest absolute Gasteiger partial charge is 0.497 e. The van der Waals surface area contributed by atoms with Gasteiger partial charge in [-0.05, 0) is 37.3 Å². The minimum Gasteiger partial charge on any atom is -0.497 e. The lowest BCUT2D eigenvalue weighted by Crippen LogP contribution is -2.19. The first-order valence-corrected chi connectivity index (χ1v) is 6.62. The Morgan fingerprint density at radius 1 is 1.14 bits per heavy atom. The van der Waals surface area contributed by atoms with Gasteiger partial charge in [0.2, 0.25) is 0 Å². The van der Waals surface area contributed by atoms with Gasteiger partial charge in [0.25, 0.3) is 5.91 Å². The summed E-state index contributed by atoms with van der Waals surface area (Å²) in [6.45, 7) is 1.78. The second kappa shape index (κ2) is 7.21. The van der Waals surface area contributed by atoms with Gasteiger partial charge in [0.15, 0.2) is 0 Å². The van der Waals surface area contributed by atoms with Crippen molar-refractivity contribution in [1.29, 1.82) is 0 Å². The third kappa shape index (κ3) is 3.60. The van der Waals surface area contributed by atoms with Crippen LogP contribution in [0.1, 0.15) is 22.8 Å². The summed E-state index contributed by atoms with van der Waals surface area (Å²) in [5.41, 5.74) is 4.36. The van der Waals surface area contributed by atoms with Crippen molar-refractivity contribution < 1.29 is 14.3 Å². The van der Waals surface area contributed by atoms with Crippen molar-refractivity contribution in [2.75, 3.05) is 14.2 Å². The first-order valence-electron chi connectivity index (χ1n) is 6.62. The van der Waals surface area contributed by atoms with E-state index in [2.05, 4.69) is 15.5 Å². The predicted molar refractivity (Wildman–Crippen MR) is 83.5 cm³/mol. The quantitative estimate of drug-likeness (QED) is 0.679. The average molecular weight is 299 g/mol. The monoisotopic (exact) mass is 299 g/mol. The summed E-state index contributed by atoms with van der Waals surface area (Å²) >= 11 is 0. The van der Waals surface area contributed by atoms with Crippen LogP contribution in [-0.2, 0) is 0 Å². The molecular formula is C16H17N3O3. The Labute approximate surface area is 128 Å². The Balaban J connectivity index is 2.20. The smallest absolute Gasteiger partial charge is 0.271 e. The Kier molecular flexibility index (Phi) is 5.08. The number of aromatic nitrogens is 1. The van der Waals surface area contributed by atoms with Gasteiger partial charge in [0, 0.05) is 23.5 Å². The molecule has 1 N–H and O–H groups in total. The topological polar surface area (TPSA) is 72.8 Å². The standard InChI is InChI=1S/C16H17N3O3/c1-11(14-10-13(21-2)4-5-15(14)22-3)18-19-16(20)12-6-8-17-9-7-12/h4-10H,1-3H3,(H,19,20)/b18-11+. The zero-order valence-corrected chi connectivity index (χ0v) is 12.7. The summed E-state index contributed by atoms with van der Waals surface area (Å²) in [4.78, 5) is 15.8. The number of carbonyl (C=O) groups is 1. The Morgan fingerprint density at radius 2 is 1.86 bits per heavy atom. The molecule has 0 saturated carbocycles. The van der Waals surface area contributed by atoms with Crippen LogP contribution >= 0.6 is 0 Å². The second-order valence-corrected chi connectivity index (χ2v) is 4.44. The first-order chi connectivity index (χ1) is 10.7. The number of ether oxygens (including phenoxy) is 2. The highest BCUT2D eigenvalue weighted by molar-refractivity contribution is 6.03. The molecule has 6 heteroatoms. The molecule has 0 bridgehead atoms. The molecule has 114 valence electrons. The van der Waals surface area contributed by atoms with Crippen LogP contribution < -0.4 is 14.9 Å². The van der Waals surface area contributed by atoms with E-state index in [4.69, 9.17) is 9.47 Å². The molecule has 1 amide bonds. The molecule has 0 spiro atoms. The summed E-state index contributed by atoms with van der Waals surface area (Å²) in [6, 6.07) is 8.62. The maximum absolute atomic E-state index is 12.0. The third-order valence-corrected chi connectivity index (χ3v) is 3.06. The molecule has 1 aromatic carbocycles. The van der Waals surface area contributed by atoms with Crippen molar-refractivity contribution in [1.82, 2.24) is 10.4 Å². The van der Waals surface area contributed by atoms with Crippen LogP contribution in [0.5, 0.6) is 11.5 Å². The number of rotatable bonds is 5. The Morgan fingerprint density at radius 3 is 2.50 bits per heavy atom. The van der Waals surface area contributed by atoms with E-state index in [0.29, 0.717) is 22.8 Å². The van der Waals surface area contributed by atoms with Crippen molar-refractivity contribution in [3.05, 3.63) is 53.9 Å². The van der Waals surface area contributed by atoms with E-state index in [-0.39, 0.29) is 5.91 Å². The van der Waals surface area contributed by atoms with Crippen LogP contribution in [0.15, 0.2) is 47.8 Å². The number of hydrazone groups is 1. The number of hydrogen-bond acceptors (Lipinski definition) is 5. The number of nitrogens with zero attached hydrogens (tertiary/aromatic N) is 2. The molecule has 1 aromatic heterocycles. The third-order valence-electron chi connectivity index (χ3n) is 3.06. The van der Waals surface area contributed by atoms with Gasteiger partial charge in [-0.3, -0.25) is 9.78 Å². The van der Waals surface area contributed by atoms with Gasteiger partial charge >= 0.3 is 0 Å².